The molecule has 1 N–H and O–H groups in total. The first-order chi connectivity index (χ1) is 14.5. The maximum absolute atomic E-state index is 12.4. The topological polar surface area (TPSA) is 88.1 Å². The van der Waals surface area contributed by atoms with Crippen LogP contribution in [0.4, 0.5) is 10.8 Å². The van der Waals surface area contributed by atoms with Gasteiger partial charge in [0.1, 0.15) is 16.1 Å². The summed E-state index contributed by atoms with van der Waals surface area (Å²) in [4.78, 5) is 39.6. The highest BCUT2D eigenvalue weighted by Crippen LogP contribution is 2.35. The van der Waals surface area contributed by atoms with Crippen LogP contribution in [0.1, 0.15) is 37.0 Å². The number of amides is 1. The lowest BCUT2D eigenvalue weighted by Gasteiger charge is -2.29. The number of thiazole rings is 1. The minimum Gasteiger partial charge on any atom is -0.348 e. The number of Topliss-reactive ketones (excluding diaryl/α,β-unsaturated/α-hetero) is 1. The molecule has 4 rings (SSSR count). The third kappa shape index (κ3) is 4.79. The summed E-state index contributed by atoms with van der Waals surface area (Å²) in [6.45, 7) is 5.82. The lowest BCUT2D eigenvalue weighted by atomic mass is 10.00. The van der Waals surface area contributed by atoms with Crippen molar-refractivity contribution in [2.45, 2.75) is 31.7 Å². The average molecular weight is 442 g/mol. The van der Waals surface area contributed by atoms with Crippen molar-refractivity contribution < 1.29 is 9.59 Å². The van der Waals surface area contributed by atoms with E-state index in [0.29, 0.717) is 16.9 Å². The second-order valence-electron chi connectivity index (χ2n) is 7.47. The molecule has 1 aliphatic rings. The molecule has 9 heteroatoms. The first kappa shape index (κ1) is 20.7. The largest absolute Gasteiger partial charge is 0.348 e. The molecule has 1 fully saturated rings. The second-order valence-corrected chi connectivity index (χ2v) is 9.41. The molecule has 7 nitrogen and oxygen atoms in total. The molecule has 0 atom stereocenters. The molecule has 1 amide bonds. The Morgan fingerprint density at radius 1 is 1.27 bits per heavy atom. The highest BCUT2D eigenvalue weighted by atomic mass is 32.2. The summed E-state index contributed by atoms with van der Waals surface area (Å²) in [7, 11) is 0. The lowest BCUT2D eigenvalue weighted by molar-refractivity contribution is -0.113. The van der Waals surface area contributed by atoms with Gasteiger partial charge in [-0.3, -0.25) is 9.59 Å². The molecule has 1 aliphatic heterocycles. The van der Waals surface area contributed by atoms with Gasteiger partial charge >= 0.3 is 0 Å². The predicted octanol–water partition coefficient (Wildman–Crippen LogP) is 4.26. The van der Waals surface area contributed by atoms with E-state index in [4.69, 9.17) is 4.98 Å². The van der Waals surface area contributed by atoms with Crippen molar-refractivity contribution in [3.8, 4) is 0 Å². The summed E-state index contributed by atoms with van der Waals surface area (Å²) in [6, 6.07) is 6.94. The summed E-state index contributed by atoms with van der Waals surface area (Å²) >= 11 is 2.96. The normalized spacial score (nSPS) is 14.8. The van der Waals surface area contributed by atoms with Crippen LogP contribution in [0.15, 0.2) is 35.6 Å². The Morgan fingerprint density at radius 3 is 2.83 bits per heavy atom. The van der Waals surface area contributed by atoms with Gasteiger partial charge in [0.05, 0.1) is 5.75 Å². The minimum atomic E-state index is -0.151. The van der Waals surface area contributed by atoms with Gasteiger partial charge in [0, 0.05) is 24.3 Å². The molecule has 1 aromatic carbocycles. The SMILES string of the molecule is CC(=O)c1cccc(NC(=O)CSc2ncnc3nc(N4CCC(C)CC4)sc23)c1. The van der Waals surface area contributed by atoms with Crippen LogP contribution in [0.3, 0.4) is 0 Å². The number of hydrogen-bond donors (Lipinski definition) is 1. The predicted molar refractivity (Wildman–Crippen MR) is 122 cm³/mol. The first-order valence-corrected chi connectivity index (χ1v) is 11.7. The quantitative estimate of drug-likeness (QED) is 0.347. The fourth-order valence-corrected chi connectivity index (χ4v) is 5.25. The first-order valence-electron chi connectivity index (χ1n) is 9.89. The molecule has 0 unspecified atom stereocenters. The summed E-state index contributed by atoms with van der Waals surface area (Å²) in [5, 5.41) is 4.58. The van der Waals surface area contributed by atoms with Gasteiger partial charge in [-0.2, -0.15) is 4.98 Å². The Kier molecular flexibility index (Phi) is 6.29. The van der Waals surface area contributed by atoms with Crippen LogP contribution in [-0.2, 0) is 4.79 Å². The molecule has 0 radical (unpaired) electrons. The van der Waals surface area contributed by atoms with Crippen molar-refractivity contribution in [2.75, 3.05) is 29.1 Å². The highest BCUT2D eigenvalue weighted by Gasteiger charge is 2.21. The molecule has 0 bridgehead atoms. The molecular weight excluding hydrogens is 418 g/mol. The van der Waals surface area contributed by atoms with Crippen molar-refractivity contribution in [1.82, 2.24) is 15.0 Å². The number of rotatable bonds is 6. The van der Waals surface area contributed by atoms with Crippen LogP contribution in [-0.4, -0.2) is 45.5 Å². The van der Waals surface area contributed by atoms with E-state index in [1.165, 1.54) is 37.9 Å². The van der Waals surface area contributed by atoms with E-state index in [1.54, 1.807) is 35.6 Å². The Hall–Kier alpha value is -2.52. The van der Waals surface area contributed by atoms with Gasteiger partial charge < -0.3 is 10.2 Å². The van der Waals surface area contributed by atoms with Crippen molar-refractivity contribution in [1.29, 1.82) is 0 Å². The summed E-state index contributed by atoms with van der Waals surface area (Å²) in [5.41, 5.74) is 1.86. The van der Waals surface area contributed by atoms with Crippen LogP contribution < -0.4 is 10.2 Å². The smallest absolute Gasteiger partial charge is 0.234 e. The number of piperidine rings is 1. The fraction of sp³-hybridized carbons (Fsp3) is 0.381. The molecule has 0 aliphatic carbocycles. The third-order valence-electron chi connectivity index (χ3n) is 5.09. The van der Waals surface area contributed by atoms with Gasteiger partial charge in [0.15, 0.2) is 16.6 Å². The number of nitrogens with one attached hydrogen (secondary N) is 1. The maximum atomic E-state index is 12.4. The number of aromatic nitrogens is 3. The van der Waals surface area contributed by atoms with E-state index < -0.39 is 0 Å². The van der Waals surface area contributed by atoms with E-state index in [2.05, 4.69) is 27.1 Å². The van der Waals surface area contributed by atoms with Gasteiger partial charge in [-0.15, -0.1) is 0 Å². The zero-order chi connectivity index (χ0) is 21.1. The number of thioether (sulfide) groups is 1. The van der Waals surface area contributed by atoms with E-state index in [9.17, 15) is 9.59 Å². The van der Waals surface area contributed by atoms with Crippen molar-refractivity contribution >= 4 is 56.0 Å². The number of ketones is 1. The van der Waals surface area contributed by atoms with E-state index in [-0.39, 0.29) is 17.4 Å². The van der Waals surface area contributed by atoms with E-state index in [1.807, 2.05) is 0 Å². The summed E-state index contributed by atoms with van der Waals surface area (Å²) in [5.74, 6) is 0.789. The zero-order valence-corrected chi connectivity index (χ0v) is 18.6. The van der Waals surface area contributed by atoms with E-state index >= 15 is 0 Å². The molecule has 1 saturated heterocycles. The lowest BCUT2D eigenvalue weighted by Crippen LogP contribution is -2.32. The average Bonchev–Trinajstić information content (AvgIpc) is 3.18. The number of benzene rings is 1. The van der Waals surface area contributed by atoms with Gasteiger partial charge in [0.2, 0.25) is 5.91 Å². The zero-order valence-electron chi connectivity index (χ0n) is 16.9. The highest BCUT2D eigenvalue weighted by molar-refractivity contribution is 8.00. The van der Waals surface area contributed by atoms with Gasteiger partial charge in [0.25, 0.3) is 0 Å². The van der Waals surface area contributed by atoms with Gasteiger partial charge in [-0.05, 0) is 37.8 Å². The van der Waals surface area contributed by atoms with Crippen molar-refractivity contribution in [3.63, 3.8) is 0 Å². The molecule has 3 aromatic rings. The van der Waals surface area contributed by atoms with Crippen LogP contribution in [0.25, 0.3) is 10.3 Å². The summed E-state index contributed by atoms with van der Waals surface area (Å²) < 4.78 is 0.919. The molecule has 0 spiro atoms. The number of nitrogens with zero attached hydrogens (tertiary/aromatic N) is 4. The number of anilines is 2. The summed E-state index contributed by atoms with van der Waals surface area (Å²) in [6.07, 6.45) is 3.85. The van der Waals surface area contributed by atoms with Crippen molar-refractivity contribution in [2.24, 2.45) is 5.92 Å². The Balaban J connectivity index is 1.43. The van der Waals surface area contributed by atoms with Crippen molar-refractivity contribution in [3.05, 3.63) is 36.2 Å². The molecule has 156 valence electrons. The maximum Gasteiger partial charge on any atom is 0.234 e. The monoisotopic (exact) mass is 441 g/mol. The molecule has 0 saturated carbocycles. The van der Waals surface area contributed by atoms with Gasteiger partial charge in [-0.25, -0.2) is 9.97 Å². The van der Waals surface area contributed by atoms with Crippen LogP contribution in [0.2, 0.25) is 0 Å². The second kappa shape index (κ2) is 9.09. The Bertz CT molecular complexity index is 1080. The Labute approximate surface area is 183 Å². The number of hydrogen-bond acceptors (Lipinski definition) is 8. The third-order valence-corrected chi connectivity index (χ3v) is 7.33. The molecule has 30 heavy (non-hydrogen) atoms. The fourth-order valence-electron chi connectivity index (χ4n) is 3.31. The Morgan fingerprint density at radius 2 is 2.07 bits per heavy atom. The number of carbonyl (C=O) groups is 2. The molecular formula is C21H23N5O2S2. The minimum absolute atomic E-state index is 0.0342. The number of carbonyl (C=O) groups excluding carboxylic acids is 2. The van der Waals surface area contributed by atoms with Crippen LogP contribution >= 0.6 is 23.1 Å². The standard InChI is InChI=1S/C21H23N5O2S2/c1-13-6-8-26(9-7-13)21-25-19-18(30-21)20(23-12-22-19)29-11-17(28)24-16-5-3-4-15(10-16)14(2)27/h3-5,10,12-13H,6-9,11H2,1-2H3,(H,24,28). The molecule has 3 heterocycles. The molecule has 2 aromatic heterocycles. The van der Waals surface area contributed by atoms with Crippen LogP contribution in [0, 0.1) is 5.92 Å². The number of fused-ring (bicyclic) bond motifs is 1. The van der Waals surface area contributed by atoms with Crippen LogP contribution in [0.5, 0.6) is 0 Å². The van der Waals surface area contributed by atoms with E-state index in [0.717, 1.165) is 33.9 Å². The van der Waals surface area contributed by atoms with Gasteiger partial charge in [-0.1, -0.05) is 42.2 Å².